The number of hydrogen-bond acceptors (Lipinski definition) is 2. The molecular weight excluding hydrogens is 333 g/mol. The molecule has 0 fully saturated rings. The van der Waals surface area contributed by atoms with Crippen molar-refractivity contribution >= 4 is 27.5 Å². The molecule has 1 heterocycles. The van der Waals surface area contributed by atoms with E-state index in [-0.39, 0.29) is 11.1 Å². The van der Waals surface area contributed by atoms with Crippen LogP contribution in [0.4, 0.5) is 4.39 Å². The Morgan fingerprint density at radius 3 is 2.68 bits per heavy atom. The Labute approximate surface area is 125 Å². The molecule has 102 valence electrons. The quantitative estimate of drug-likeness (QED) is 0.801. The van der Waals surface area contributed by atoms with Gasteiger partial charge in [-0.05, 0) is 47.6 Å². The van der Waals surface area contributed by atoms with Gasteiger partial charge in [-0.2, -0.15) is 0 Å². The van der Waals surface area contributed by atoms with Gasteiger partial charge >= 0.3 is 0 Å². The largest absolute Gasteiger partial charge is 0.464 e. The normalized spacial score (nSPS) is 12.7. The number of benzene rings is 1. The third kappa shape index (κ3) is 3.02. The maximum absolute atomic E-state index is 14.3. The van der Waals surface area contributed by atoms with E-state index in [2.05, 4.69) is 21.2 Å². The molecule has 2 rings (SSSR count). The fourth-order valence-electron chi connectivity index (χ4n) is 1.94. The van der Waals surface area contributed by atoms with Gasteiger partial charge < -0.3 is 9.73 Å². The van der Waals surface area contributed by atoms with Crippen LogP contribution in [-0.2, 0) is 0 Å². The highest BCUT2D eigenvalue weighted by Crippen LogP contribution is 2.33. The summed E-state index contributed by atoms with van der Waals surface area (Å²) in [6, 6.07) is 6.80. The van der Waals surface area contributed by atoms with E-state index in [1.165, 1.54) is 0 Å². The summed E-state index contributed by atoms with van der Waals surface area (Å²) < 4.78 is 20.4. The predicted molar refractivity (Wildman–Crippen MR) is 78.1 cm³/mol. The lowest BCUT2D eigenvalue weighted by molar-refractivity contribution is 0.426. The molecule has 0 radical (unpaired) electrons. The molecule has 0 amide bonds. The molecule has 0 aliphatic carbocycles. The molecule has 0 bridgehead atoms. The zero-order valence-corrected chi connectivity index (χ0v) is 13.0. The Morgan fingerprint density at radius 2 is 2.11 bits per heavy atom. The van der Waals surface area contributed by atoms with Crippen LogP contribution in [0.15, 0.2) is 33.2 Å². The van der Waals surface area contributed by atoms with Gasteiger partial charge in [0.15, 0.2) is 0 Å². The number of rotatable bonds is 4. The third-order valence-electron chi connectivity index (χ3n) is 2.83. The van der Waals surface area contributed by atoms with Crippen LogP contribution in [0.1, 0.15) is 30.0 Å². The maximum atomic E-state index is 14.3. The second-order valence-electron chi connectivity index (χ2n) is 4.20. The van der Waals surface area contributed by atoms with Crippen LogP contribution in [0.25, 0.3) is 0 Å². The predicted octanol–water partition coefficient (Wildman–Crippen LogP) is 4.84. The fourth-order valence-corrected chi connectivity index (χ4v) is 2.42. The van der Waals surface area contributed by atoms with Crippen molar-refractivity contribution in [1.82, 2.24) is 5.32 Å². The molecule has 19 heavy (non-hydrogen) atoms. The standard InChI is InChI=1S/C14H14BrClFNO/c1-3-18-14(11-7-4-8(2)19-11)9-5-6-10(15)12(16)13(9)17/h4-7,14,18H,3H2,1-2H3. The maximum Gasteiger partial charge on any atom is 0.148 e. The highest BCUT2D eigenvalue weighted by Gasteiger charge is 2.22. The highest BCUT2D eigenvalue weighted by atomic mass is 79.9. The van der Waals surface area contributed by atoms with Gasteiger partial charge in [-0.1, -0.05) is 24.6 Å². The van der Waals surface area contributed by atoms with Crippen LogP contribution >= 0.6 is 27.5 Å². The molecule has 1 aromatic carbocycles. The minimum absolute atomic E-state index is 0.0867. The number of hydrogen-bond donors (Lipinski definition) is 1. The summed E-state index contributed by atoms with van der Waals surface area (Å²) in [5, 5.41) is 3.30. The van der Waals surface area contributed by atoms with Gasteiger partial charge in [-0.3, -0.25) is 0 Å². The lowest BCUT2D eigenvalue weighted by atomic mass is 10.0. The Kier molecular flexibility index (Phi) is 4.66. The van der Waals surface area contributed by atoms with Gasteiger partial charge in [-0.15, -0.1) is 0 Å². The minimum Gasteiger partial charge on any atom is -0.464 e. The van der Waals surface area contributed by atoms with E-state index in [0.29, 0.717) is 22.3 Å². The van der Waals surface area contributed by atoms with Crippen molar-refractivity contribution in [2.24, 2.45) is 0 Å². The summed E-state index contributed by atoms with van der Waals surface area (Å²) in [4.78, 5) is 0. The smallest absolute Gasteiger partial charge is 0.148 e. The van der Waals surface area contributed by atoms with Crippen molar-refractivity contribution in [2.75, 3.05) is 6.54 Å². The Morgan fingerprint density at radius 1 is 1.37 bits per heavy atom. The minimum atomic E-state index is -0.434. The van der Waals surface area contributed by atoms with Crippen molar-refractivity contribution < 1.29 is 8.81 Å². The van der Waals surface area contributed by atoms with Crippen LogP contribution < -0.4 is 5.32 Å². The number of halogens is 3. The Balaban J connectivity index is 2.48. The Hall–Kier alpha value is -0.840. The fraction of sp³-hybridized carbons (Fsp3) is 0.286. The molecule has 1 N–H and O–H groups in total. The monoisotopic (exact) mass is 345 g/mol. The average Bonchev–Trinajstić information content (AvgIpc) is 2.81. The Bertz CT molecular complexity index is 585. The summed E-state index contributed by atoms with van der Waals surface area (Å²) in [6.45, 7) is 4.51. The first kappa shape index (κ1) is 14.6. The van der Waals surface area contributed by atoms with Crippen LogP contribution in [0.5, 0.6) is 0 Å². The number of aryl methyl sites for hydroxylation is 1. The molecule has 0 aliphatic heterocycles. The van der Waals surface area contributed by atoms with Crippen molar-refractivity contribution in [3.8, 4) is 0 Å². The molecule has 0 saturated heterocycles. The van der Waals surface area contributed by atoms with E-state index in [1.54, 1.807) is 12.1 Å². The zero-order valence-electron chi connectivity index (χ0n) is 10.6. The van der Waals surface area contributed by atoms with Crippen LogP contribution in [0, 0.1) is 12.7 Å². The van der Waals surface area contributed by atoms with Gasteiger partial charge in [0.1, 0.15) is 17.3 Å². The first-order valence-corrected chi connectivity index (χ1v) is 7.14. The topological polar surface area (TPSA) is 25.2 Å². The average molecular weight is 347 g/mol. The second kappa shape index (κ2) is 6.07. The molecule has 5 heteroatoms. The van der Waals surface area contributed by atoms with Gasteiger partial charge in [0, 0.05) is 10.0 Å². The summed E-state index contributed by atoms with van der Waals surface area (Å²) in [6.07, 6.45) is 0. The van der Waals surface area contributed by atoms with Gasteiger partial charge in [0.25, 0.3) is 0 Å². The summed E-state index contributed by atoms with van der Waals surface area (Å²) in [7, 11) is 0. The molecule has 1 atom stereocenters. The van der Waals surface area contributed by atoms with Crippen molar-refractivity contribution in [2.45, 2.75) is 19.9 Å². The molecule has 1 aromatic heterocycles. The molecule has 0 spiro atoms. The van der Waals surface area contributed by atoms with E-state index in [4.69, 9.17) is 16.0 Å². The van der Waals surface area contributed by atoms with Crippen molar-refractivity contribution in [1.29, 1.82) is 0 Å². The third-order valence-corrected chi connectivity index (χ3v) is 4.09. The summed E-state index contributed by atoms with van der Waals surface area (Å²) in [5.74, 6) is 1.04. The van der Waals surface area contributed by atoms with Gasteiger partial charge in [0.2, 0.25) is 0 Å². The van der Waals surface area contributed by atoms with Gasteiger partial charge in [0.05, 0.1) is 11.1 Å². The van der Waals surface area contributed by atoms with Crippen LogP contribution in [-0.4, -0.2) is 6.54 Å². The molecular formula is C14H14BrClFNO. The molecule has 2 nitrogen and oxygen atoms in total. The van der Waals surface area contributed by atoms with E-state index >= 15 is 0 Å². The van der Waals surface area contributed by atoms with Crippen molar-refractivity contribution in [3.05, 3.63) is 56.7 Å². The van der Waals surface area contributed by atoms with Crippen molar-refractivity contribution in [3.63, 3.8) is 0 Å². The molecule has 1 unspecified atom stereocenters. The van der Waals surface area contributed by atoms with E-state index < -0.39 is 5.82 Å². The molecule has 0 saturated carbocycles. The lowest BCUT2D eigenvalue weighted by Crippen LogP contribution is -2.22. The number of furan rings is 1. The highest BCUT2D eigenvalue weighted by molar-refractivity contribution is 9.10. The van der Waals surface area contributed by atoms with Crippen LogP contribution in [0.3, 0.4) is 0 Å². The second-order valence-corrected chi connectivity index (χ2v) is 5.44. The summed E-state index contributed by atoms with van der Waals surface area (Å²) >= 11 is 9.15. The summed E-state index contributed by atoms with van der Waals surface area (Å²) in [5.41, 5.74) is 0.476. The molecule has 2 aromatic rings. The molecule has 0 aliphatic rings. The SMILES string of the molecule is CCNC(c1ccc(C)o1)c1ccc(Br)c(Cl)c1F. The van der Waals surface area contributed by atoms with Crippen LogP contribution in [0.2, 0.25) is 5.02 Å². The lowest BCUT2D eigenvalue weighted by Gasteiger charge is -2.17. The first-order chi connectivity index (χ1) is 9.04. The van der Waals surface area contributed by atoms with E-state index in [0.717, 1.165) is 5.76 Å². The first-order valence-electron chi connectivity index (χ1n) is 5.97. The van der Waals surface area contributed by atoms with E-state index in [9.17, 15) is 4.39 Å². The van der Waals surface area contributed by atoms with E-state index in [1.807, 2.05) is 26.0 Å². The van der Waals surface area contributed by atoms with Gasteiger partial charge in [-0.25, -0.2) is 4.39 Å². The number of nitrogens with one attached hydrogen (secondary N) is 1. The zero-order chi connectivity index (χ0) is 14.0.